The van der Waals surface area contributed by atoms with Crippen LogP contribution in [0.25, 0.3) is 0 Å². The Kier molecular flexibility index (Phi) is 5.43. The maximum Gasteiger partial charge on any atom is 0.308 e. The van der Waals surface area contributed by atoms with Gasteiger partial charge in [-0.1, -0.05) is 12.1 Å². The topological polar surface area (TPSA) is 47.6 Å². The Bertz CT molecular complexity index is 656. The van der Waals surface area contributed by atoms with Crippen molar-refractivity contribution < 1.29 is 18.7 Å². The molecule has 0 aliphatic carbocycles. The largest absolute Gasteiger partial charge is 0.466 e. The molecule has 0 heterocycles. The Hall–Kier alpha value is -2.47. The average Bonchev–Trinajstić information content (AvgIpc) is 2.48. The molecule has 0 spiro atoms. The minimum Gasteiger partial charge on any atom is -0.466 e. The quantitative estimate of drug-likeness (QED) is 0.529. The normalized spacial score (nSPS) is 9.91. The minimum absolute atomic E-state index is 0.190. The summed E-state index contributed by atoms with van der Waals surface area (Å²) in [7, 11) is 0. The first-order valence-electron chi connectivity index (χ1n) is 6.49. The zero-order valence-electron chi connectivity index (χ0n) is 11.8. The number of rotatable bonds is 4. The molecular formula is C16H14FNO3S. The molecule has 2 aromatic carbocycles. The van der Waals surface area contributed by atoms with Crippen molar-refractivity contribution in [1.29, 1.82) is 0 Å². The summed E-state index contributed by atoms with van der Waals surface area (Å²) < 4.78 is 23.1. The second-order valence-corrected chi connectivity index (χ2v) is 4.82. The Morgan fingerprint density at radius 3 is 2.36 bits per heavy atom. The molecule has 0 unspecified atom stereocenters. The highest BCUT2D eigenvalue weighted by Crippen LogP contribution is 2.14. The van der Waals surface area contributed by atoms with Crippen LogP contribution in [-0.2, 0) is 16.1 Å². The first kappa shape index (κ1) is 15.9. The number of thiocarbonyl (C=S) groups is 1. The third-order valence-electron chi connectivity index (χ3n) is 2.65. The van der Waals surface area contributed by atoms with Crippen LogP contribution in [0.3, 0.4) is 0 Å². The second-order valence-electron chi connectivity index (χ2n) is 4.45. The molecule has 0 saturated carbocycles. The Labute approximate surface area is 132 Å². The van der Waals surface area contributed by atoms with E-state index in [1.807, 2.05) is 0 Å². The number of hydrogen-bond donors (Lipinski definition) is 1. The van der Waals surface area contributed by atoms with E-state index in [9.17, 15) is 9.18 Å². The first-order valence-corrected chi connectivity index (χ1v) is 6.90. The molecule has 22 heavy (non-hydrogen) atoms. The van der Waals surface area contributed by atoms with Gasteiger partial charge in [0.25, 0.3) is 5.17 Å². The number of carbonyl (C=O) groups excluding carboxylic acids is 1. The lowest BCUT2D eigenvalue weighted by atomic mass is 10.2. The highest BCUT2D eigenvalue weighted by molar-refractivity contribution is 7.80. The van der Waals surface area contributed by atoms with E-state index in [-0.39, 0.29) is 23.6 Å². The summed E-state index contributed by atoms with van der Waals surface area (Å²) in [5, 5.41) is 3.04. The molecule has 0 amide bonds. The van der Waals surface area contributed by atoms with Gasteiger partial charge in [-0.05, 0) is 54.2 Å². The summed E-state index contributed by atoms with van der Waals surface area (Å²) in [4.78, 5) is 10.8. The molecule has 1 N–H and O–H groups in total. The third kappa shape index (κ3) is 5.14. The van der Waals surface area contributed by atoms with Crippen LogP contribution in [-0.4, -0.2) is 11.1 Å². The van der Waals surface area contributed by atoms with Crippen LogP contribution in [0.4, 0.5) is 10.1 Å². The number of nitrogens with one attached hydrogen (secondary N) is 1. The number of esters is 1. The Balaban J connectivity index is 1.83. The van der Waals surface area contributed by atoms with E-state index in [2.05, 4.69) is 5.32 Å². The third-order valence-corrected chi connectivity index (χ3v) is 2.87. The van der Waals surface area contributed by atoms with Gasteiger partial charge >= 0.3 is 5.97 Å². The Morgan fingerprint density at radius 1 is 1.14 bits per heavy atom. The lowest BCUT2D eigenvalue weighted by Crippen LogP contribution is -2.13. The van der Waals surface area contributed by atoms with E-state index >= 15 is 0 Å². The van der Waals surface area contributed by atoms with Gasteiger partial charge < -0.3 is 14.8 Å². The van der Waals surface area contributed by atoms with Crippen molar-refractivity contribution >= 4 is 29.0 Å². The molecule has 6 heteroatoms. The number of benzene rings is 2. The van der Waals surface area contributed by atoms with Crippen LogP contribution in [0, 0.1) is 5.82 Å². The van der Waals surface area contributed by atoms with Gasteiger partial charge in [-0.25, -0.2) is 4.39 Å². The summed E-state index contributed by atoms with van der Waals surface area (Å²) in [5.41, 5.74) is 1.52. The smallest absolute Gasteiger partial charge is 0.308 e. The van der Waals surface area contributed by atoms with Crippen molar-refractivity contribution in [2.75, 3.05) is 5.32 Å². The van der Waals surface area contributed by atoms with Crippen molar-refractivity contribution in [3.8, 4) is 5.75 Å². The molecule has 114 valence electrons. The lowest BCUT2D eigenvalue weighted by molar-refractivity contribution is -0.131. The molecule has 0 atom stereocenters. The van der Waals surface area contributed by atoms with Crippen LogP contribution < -0.4 is 10.1 Å². The van der Waals surface area contributed by atoms with Gasteiger partial charge in [0, 0.05) is 12.6 Å². The van der Waals surface area contributed by atoms with Crippen molar-refractivity contribution in [2.45, 2.75) is 13.5 Å². The minimum atomic E-state index is -0.367. The van der Waals surface area contributed by atoms with Crippen LogP contribution in [0.15, 0.2) is 48.5 Å². The van der Waals surface area contributed by atoms with Crippen molar-refractivity contribution in [1.82, 2.24) is 0 Å². The lowest BCUT2D eigenvalue weighted by Gasteiger charge is -2.10. The summed E-state index contributed by atoms with van der Waals surface area (Å²) in [5.74, 6) is -0.206. The predicted octanol–water partition coefficient (Wildman–Crippen LogP) is 3.66. The Morgan fingerprint density at radius 2 is 1.77 bits per heavy atom. The maximum atomic E-state index is 12.8. The molecule has 0 radical (unpaired) electrons. The van der Waals surface area contributed by atoms with Gasteiger partial charge in [0.05, 0.1) is 0 Å². The molecule has 0 aliphatic rings. The van der Waals surface area contributed by atoms with Crippen LogP contribution in [0.2, 0.25) is 0 Å². The van der Waals surface area contributed by atoms with E-state index in [1.54, 1.807) is 36.4 Å². The number of hydrogen-bond acceptors (Lipinski definition) is 4. The SMILES string of the molecule is CC(=O)Oc1ccc(COC(=S)Nc2ccc(F)cc2)cc1. The number of anilines is 1. The van der Waals surface area contributed by atoms with Gasteiger partial charge in [-0.15, -0.1) is 0 Å². The first-order chi connectivity index (χ1) is 10.5. The van der Waals surface area contributed by atoms with E-state index in [1.165, 1.54) is 19.1 Å². The molecular weight excluding hydrogens is 305 g/mol. The predicted molar refractivity (Wildman–Crippen MR) is 85.2 cm³/mol. The maximum absolute atomic E-state index is 12.8. The van der Waals surface area contributed by atoms with Gasteiger partial charge in [0.1, 0.15) is 18.2 Å². The van der Waals surface area contributed by atoms with E-state index in [4.69, 9.17) is 21.7 Å². The number of ether oxygens (including phenoxy) is 2. The van der Waals surface area contributed by atoms with Gasteiger partial charge in [-0.3, -0.25) is 4.79 Å². The summed E-state index contributed by atoms with van der Waals surface area (Å²) >= 11 is 5.05. The number of carbonyl (C=O) groups is 1. The molecule has 2 aromatic rings. The fourth-order valence-electron chi connectivity index (χ4n) is 1.66. The van der Waals surface area contributed by atoms with Crippen LogP contribution in [0.1, 0.15) is 12.5 Å². The summed E-state index contributed by atoms with van der Waals surface area (Å²) in [6, 6.07) is 12.7. The fourth-order valence-corrected chi connectivity index (χ4v) is 1.83. The van der Waals surface area contributed by atoms with Gasteiger partial charge in [0.2, 0.25) is 0 Å². The van der Waals surface area contributed by atoms with Crippen molar-refractivity contribution in [3.05, 3.63) is 59.9 Å². The monoisotopic (exact) mass is 319 g/mol. The molecule has 0 bridgehead atoms. The van der Waals surface area contributed by atoms with E-state index < -0.39 is 0 Å². The number of halogens is 1. The zero-order chi connectivity index (χ0) is 15.9. The second kappa shape index (κ2) is 7.51. The molecule has 0 saturated heterocycles. The van der Waals surface area contributed by atoms with E-state index in [0.29, 0.717) is 11.4 Å². The highest BCUT2D eigenvalue weighted by atomic mass is 32.1. The summed E-state index contributed by atoms with van der Waals surface area (Å²) in [6.45, 7) is 1.62. The zero-order valence-corrected chi connectivity index (χ0v) is 12.7. The van der Waals surface area contributed by atoms with Crippen LogP contribution >= 0.6 is 12.2 Å². The van der Waals surface area contributed by atoms with Gasteiger partial charge in [0.15, 0.2) is 0 Å². The van der Waals surface area contributed by atoms with Crippen molar-refractivity contribution in [2.24, 2.45) is 0 Å². The fraction of sp³-hybridized carbons (Fsp3) is 0.125. The van der Waals surface area contributed by atoms with Crippen molar-refractivity contribution in [3.63, 3.8) is 0 Å². The molecule has 0 fully saturated rings. The van der Waals surface area contributed by atoms with Gasteiger partial charge in [-0.2, -0.15) is 0 Å². The van der Waals surface area contributed by atoms with E-state index in [0.717, 1.165) is 5.56 Å². The highest BCUT2D eigenvalue weighted by Gasteiger charge is 2.02. The average molecular weight is 319 g/mol. The summed E-state index contributed by atoms with van der Waals surface area (Å²) in [6.07, 6.45) is 0. The molecule has 2 rings (SSSR count). The molecule has 0 aromatic heterocycles. The standard InChI is InChI=1S/C16H14FNO3S/c1-11(19)21-15-8-2-12(3-9-15)10-20-16(22)18-14-6-4-13(17)5-7-14/h2-9H,10H2,1H3,(H,18,22). The molecule has 4 nitrogen and oxygen atoms in total. The van der Waals surface area contributed by atoms with Crippen LogP contribution in [0.5, 0.6) is 5.75 Å². The molecule has 0 aliphatic heterocycles.